The Labute approximate surface area is 154 Å². The van der Waals surface area contributed by atoms with Gasteiger partial charge in [0.2, 0.25) is 5.78 Å². The largest absolute Gasteiger partial charge is 0.484 e. The highest BCUT2D eigenvalue weighted by molar-refractivity contribution is 6.36. The van der Waals surface area contributed by atoms with Gasteiger partial charge in [0.1, 0.15) is 12.4 Å². The molecule has 0 aromatic heterocycles. The molecule has 0 N–H and O–H groups in total. The number of ether oxygens (including phenoxy) is 2. The van der Waals surface area contributed by atoms with Gasteiger partial charge >= 0.3 is 0 Å². The number of carbonyl (C=O) groups excluding carboxylic acids is 2. The maximum absolute atomic E-state index is 12.3. The molecule has 0 spiro atoms. The summed E-state index contributed by atoms with van der Waals surface area (Å²) >= 11 is 0. The topological polar surface area (TPSA) is 68.2 Å². The van der Waals surface area contributed by atoms with Gasteiger partial charge in [-0.1, -0.05) is 18.2 Å². The summed E-state index contributed by atoms with van der Waals surface area (Å²) in [5.41, 5.74) is 0. The van der Waals surface area contributed by atoms with Gasteiger partial charge in [-0.15, -0.1) is 0 Å². The van der Waals surface area contributed by atoms with E-state index in [1.807, 2.05) is 35.2 Å². The molecule has 1 amide bonds. The fraction of sp³-hybridized carbons (Fsp3) is 0.550. The molecule has 0 atom stereocenters. The summed E-state index contributed by atoms with van der Waals surface area (Å²) in [6.07, 6.45) is 4.35. The minimum absolute atomic E-state index is 0.0215. The van der Waals surface area contributed by atoms with Gasteiger partial charge in [-0.25, -0.2) is 4.99 Å². The van der Waals surface area contributed by atoms with Crippen molar-refractivity contribution in [3.63, 3.8) is 0 Å². The standard InChI is InChI=1S/C20H26N2O4/c23-18(20-21-11-14-25-20)8-4-5-16-9-12-22(13-10-16)19(24)15-26-17-6-2-1-3-7-17/h1-3,6-7,16H,4-5,8-15H2. The average Bonchev–Trinajstić information content (AvgIpc) is 3.22. The molecule has 140 valence electrons. The molecule has 1 aromatic carbocycles. The molecule has 1 aromatic rings. The van der Waals surface area contributed by atoms with Crippen LogP contribution < -0.4 is 4.74 Å². The number of hydrogen-bond donors (Lipinski definition) is 0. The van der Waals surface area contributed by atoms with Crippen LogP contribution in [0.3, 0.4) is 0 Å². The number of piperidine rings is 1. The van der Waals surface area contributed by atoms with Gasteiger partial charge in [0, 0.05) is 19.5 Å². The second-order valence-electron chi connectivity index (χ2n) is 6.78. The fourth-order valence-corrected chi connectivity index (χ4v) is 3.39. The summed E-state index contributed by atoms with van der Waals surface area (Å²) in [5.74, 6) is 1.67. The third-order valence-electron chi connectivity index (χ3n) is 4.91. The Hall–Kier alpha value is -2.37. The summed E-state index contributed by atoms with van der Waals surface area (Å²) in [6.45, 7) is 2.76. The molecule has 2 aliphatic heterocycles. The predicted octanol–water partition coefficient (Wildman–Crippen LogP) is 2.47. The molecule has 0 aliphatic carbocycles. The Bertz CT molecular complexity index is 636. The summed E-state index contributed by atoms with van der Waals surface area (Å²) in [5, 5.41) is 0. The summed E-state index contributed by atoms with van der Waals surface area (Å²) in [4.78, 5) is 30.1. The second kappa shape index (κ2) is 9.36. The number of Topliss-reactive ketones (excluding diaryl/α,β-unsaturated/α-hetero) is 1. The molecule has 2 heterocycles. The molecule has 2 aliphatic rings. The Balaban J connectivity index is 1.31. The van der Waals surface area contributed by atoms with Crippen LogP contribution in [0.4, 0.5) is 0 Å². The first kappa shape index (κ1) is 18.4. The van der Waals surface area contributed by atoms with E-state index in [0.717, 1.165) is 44.5 Å². The first-order valence-corrected chi connectivity index (χ1v) is 9.38. The second-order valence-corrected chi connectivity index (χ2v) is 6.78. The first-order valence-electron chi connectivity index (χ1n) is 9.38. The number of rotatable bonds is 8. The van der Waals surface area contributed by atoms with Crippen molar-refractivity contribution in [3.8, 4) is 5.75 Å². The van der Waals surface area contributed by atoms with Crippen LogP contribution in [0.15, 0.2) is 35.3 Å². The maximum Gasteiger partial charge on any atom is 0.260 e. The third kappa shape index (κ3) is 5.31. The van der Waals surface area contributed by atoms with Crippen LogP contribution in [0.1, 0.15) is 32.1 Å². The quantitative estimate of drug-likeness (QED) is 0.716. The number of amides is 1. The number of ketones is 1. The highest BCUT2D eigenvalue weighted by atomic mass is 16.5. The van der Waals surface area contributed by atoms with E-state index in [0.29, 0.717) is 31.4 Å². The average molecular weight is 358 g/mol. The molecule has 0 bridgehead atoms. The smallest absolute Gasteiger partial charge is 0.260 e. The van der Waals surface area contributed by atoms with E-state index in [1.165, 1.54) is 0 Å². The number of nitrogens with zero attached hydrogens (tertiary/aromatic N) is 2. The van der Waals surface area contributed by atoms with Crippen molar-refractivity contribution in [2.45, 2.75) is 32.1 Å². The predicted molar refractivity (Wildman–Crippen MR) is 98.4 cm³/mol. The number of aliphatic imine (C=N–C) groups is 1. The van der Waals surface area contributed by atoms with Crippen LogP contribution in [0.25, 0.3) is 0 Å². The summed E-state index contributed by atoms with van der Waals surface area (Å²) in [7, 11) is 0. The highest BCUT2D eigenvalue weighted by Crippen LogP contribution is 2.23. The molecule has 1 saturated heterocycles. The monoisotopic (exact) mass is 358 g/mol. The Morgan fingerprint density at radius 2 is 1.96 bits per heavy atom. The van der Waals surface area contributed by atoms with Gasteiger partial charge in [-0.05, 0) is 43.7 Å². The maximum atomic E-state index is 12.3. The van der Waals surface area contributed by atoms with Crippen LogP contribution in [0.2, 0.25) is 0 Å². The summed E-state index contributed by atoms with van der Waals surface area (Å²) < 4.78 is 10.7. The Morgan fingerprint density at radius 1 is 1.19 bits per heavy atom. The number of likely N-dealkylation sites (tertiary alicyclic amines) is 1. The molecular formula is C20H26N2O4. The van der Waals surface area contributed by atoms with Crippen molar-refractivity contribution in [2.24, 2.45) is 10.9 Å². The zero-order valence-corrected chi connectivity index (χ0v) is 15.1. The molecule has 1 fully saturated rings. The molecule has 0 radical (unpaired) electrons. The number of carbonyl (C=O) groups is 2. The Kier molecular flexibility index (Phi) is 6.63. The zero-order chi connectivity index (χ0) is 18.2. The van der Waals surface area contributed by atoms with E-state index in [9.17, 15) is 9.59 Å². The van der Waals surface area contributed by atoms with Gasteiger partial charge in [-0.2, -0.15) is 0 Å². The molecule has 0 saturated carbocycles. The van der Waals surface area contributed by atoms with Crippen LogP contribution >= 0.6 is 0 Å². The van der Waals surface area contributed by atoms with Gasteiger partial charge in [0.05, 0.1) is 6.54 Å². The molecular weight excluding hydrogens is 332 g/mol. The van der Waals surface area contributed by atoms with E-state index in [1.54, 1.807) is 0 Å². The fourth-order valence-electron chi connectivity index (χ4n) is 3.39. The van der Waals surface area contributed by atoms with E-state index in [4.69, 9.17) is 9.47 Å². The van der Waals surface area contributed by atoms with Crippen LogP contribution in [-0.2, 0) is 14.3 Å². The third-order valence-corrected chi connectivity index (χ3v) is 4.91. The van der Waals surface area contributed by atoms with Gasteiger partial charge in [0.25, 0.3) is 11.8 Å². The molecule has 3 rings (SSSR count). The SMILES string of the molecule is O=C(CCCC1CCN(C(=O)COc2ccccc2)CC1)C1=NCCO1. The van der Waals surface area contributed by atoms with Crippen molar-refractivity contribution < 1.29 is 19.1 Å². The molecule has 0 unspecified atom stereocenters. The minimum atomic E-state index is 0.0215. The Morgan fingerprint density at radius 3 is 2.65 bits per heavy atom. The zero-order valence-electron chi connectivity index (χ0n) is 15.1. The molecule has 6 heteroatoms. The lowest BCUT2D eigenvalue weighted by molar-refractivity contribution is -0.134. The lowest BCUT2D eigenvalue weighted by Crippen LogP contribution is -2.41. The lowest BCUT2D eigenvalue weighted by atomic mass is 9.91. The lowest BCUT2D eigenvalue weighted by Gasteiger charge is -2.32. The van der Waals surface area contributed by atoms with Crippen molar-refractivity contribution in [3.05, 3.63) is 30.3 Å². The van der Waals surface area contributed by atoms with Crippen molar-refractivity contribution in [1.82, 2.24) is 4.90 Å². The van der Waals surface area contributed by atoms with Crippen molar-refractivity contribution >= 4 is 17.6 Å². The van der Waals surface area contributed by atoms with Gasteiger partial charge in [-0.3, -0.25) is 9.59 Å². The van der Waals surface area contributed by atoms with Gasteiger partial charge < -0.3 is 14.4 Å². The number of benzene rings is 1. The van der Waals surface area contributed by atoms with Crippen LogP contribution in [0, 0.1) is 5.92 Å². The van der Waals surface area contributed by atoms with E-state index in [2.05, 4.69) is 4.99 Å². The molecule has 6 nitrogen and oxygen atoms in total. The van der Waals surface area contributed by atoms with Crippen LogP contribution in [0.5, 0.6) is 5.75 Å². The number of para-hydroxylation sites is 1. The van der Waals surface area contributed by atoms with Crippen molar-refractivity contribution in [2.75, 3.05) is 32.8 Å². The summed E-state index contributed by atoms with van der Waals surface area (Å²) in [6, 6.07) is 9.40. The van der Waals surface area contributed by atoms with E-state index < -0.39 is 0 Å². The number of hydrogen-bond acceptors (Lipinski definition) is 5. The van der Waals surface area contributed by atoms with Crippen LogP contribution in [-0.4, -0.2) is 55.3 Å². The minimum Gasteiger partial charge on any atom is -0.484 e. The van der Waals surface area contributed by atoms with E-state index >= 15 is 0 Å². The molecule has 26 heavy (non-hydrogen) atoms. The highest BCUT2D eigenvalue weighted by Gasteiger charge is 2.23. The van der Waals surface area contributed by atoms with Crippen molar-refractivity contribution in [1.29, 1.82) is 0 Å². The van der Waals surface area contributed by atoms with Gasteiger partial charge in [0.15, 0.2) is 6.61 Å². The van der Waals surface area contributed by atoms with E-state index in [-0.39, 0.29) is 18.3 Å². The first-order chi connectivity index (χ1) is 12.7. The normalized spacial score (nSPS) is 17.5.